The van der Waals surface area contributed by atoms with Gasteiger partial charge in [-0.1, -0.05) is 48.5 Å². The van der Waals surface area contributed by atoms with Crippen molar-refractivity contribution in [1.82, 2.24) is 30.4 Å². The molecule has 4 amide bonds. The highest BCUT2D eigenvalue weighted by Gasteiger charge is 2.56. The molecule has 0 spiro atoms. The zero-order valence-corrected chi connectivity index (χ0v) is 37.5. The van der Waals surface area contributed by atoms with Crippen molar-refractivity contribution in [2.45, 2.75) is 75.5 Å². The average Bonchev–Trinajstić information content (AvgIpc) is 3.81. The smallest absolute Gasteiger partial charge is 0.407 e. The minimum Gasteiger partial charge on any atom is -0.488 e. The van der Waals surface area contributed by atoms with E-state index in [4.69, 9.17) is 33.7 Å². The number of aromatic nitrogens is 2. The Morgan fingerprint density at radius 3 is 2.45 bits per heavy atom. The number of imidazole rings is 1. The first-order valence-electron chi connectivity index (χ1n) is 22.4. The van der Waals surface area contributed by atoms with Gasteiger partial charge in [-0.25, -0.2) is 14.6 Å². The molecule has 4 aliphatic heterocycles. The number of rotatable bonds is 12. The summed E-state index contributed by atoms with van der Waals surface area (Å²) in [5.41, 5.74) is 8.43. The van der Waals surface area contributed by atoms with Crippen LogP contribution in [0.3, 0.4) is 0 Å². The summed E-state index contributed by atoms with van der Waals surface area (Å²) in [5.74, 6) is 1.53. The molecule has 1 aliphatic carbocycles. The third-order valence-electron chi connectivity index (χ3n) is 14.0. The summed E-state index contributed by atoms with van der Waals surface area (Å²) >= 11 is 0. The maximum atomic E-state index is 14.5. The average molecular weight is 896 g/mol. The molecule has 16 nitrogen and oxygen atoms in total. The lowest BCUT2D eigenvalue weighted by atomic mass is 9.90. The number of nitrogens with one attached hydrogen (secondary N) is 3. The van der Waals surface area contributed by atoms with Crippen molar-refractivity contribution in [2.75, 3.05) is 41.6 Å². The normalized spacial score (nSPS) is 22.5. The highest BCUT2D eigenvalue weighted by atomic mass is 16.5. The summed E-state index contributed by atoms with van der Waals surface area (Å²) in [6.07, 6.45) is 2.84. The molecule has 0 bridgehead atoms. The molecule has 10 rings (SSSR count). The van der Waals surface area contributed by atoms with E-state index < -0.39 is 30.4 Å². The van der Waals surface area contributed by atoms with Crippen LogP contribution in [0.2, 0.25) is 0 Å². The summed E-state index contributed by atoms with van der Waals surface area (Å²) in [6, 6.07) is 21.7. The minimum atomic E-state index is -0.930. The number of carbonyl (C=O) groups is 4. The molecule has 0 radical (unpaired) electrons. The van der Waals surface area contributed by atoms with Gasteiger partial charge in [0, 0.05) is 50.4 Å². The quantitative estimate of drug-likeness (QED) is 0.120. The van der Waals surface area contributed by atoms with E-state index in [-0.39, 0.29) is 35.9 Å². The molecule has 2 saturated heterocycles. The number of carbonyl (C=O) groups excluding carboxylic acids is 4. The fourth-order valence-corrected chi connectivity index (χ4v) is 10.5. The van der Waals surface area contributed by atoms with Gasteiger partial charge in [-0.05, 0) is 95.0 Å². The van der Waals surface area contributed by atoms with Crippen LogP contribution in [-0.2, 0) is 41.6 Å². The Labute approximate surface area is 382 Å². The van der Waals surface area contributed by atoms with Crippen molar-refractivity contribution in [3.63, 3.8) is 0 Å². The second-order valence-electron chi connectivity index (χ2n) is 17.9. The molecule has 1 unspecified atom stereocenters. The Hall–Kier alpha value is -6.78. The van der Waals surface area contributed by atoms with E-state index in [9.17, 15) is 19.2 Å². The number of aliphatic imine (C=N–C) groups is 1. The lowest BCUT2D eigenvalue weighted by Gasteiger charge is -2.32. The molecule has 5 aromatic rings. The molecular weight excluding hydrogens is 843 g/mol. The van der Waals surface area contributed by atoms with E-state index >= 15 is 0 Å². The van der Waals surface area contributed by atoms with Gasteiger partial charge >= 0.3 is 12.2 Å². The Morgan fingerprint density at radius 1 is 0.879 bits per heavy atom. The van der Waals surface area contributed by atoms with Gasteiger partial charge in [0.2, 0.25) is 11.8 Å². The molecular formula is C50H53N7O9. The molecule has 8 atom stereocenters. The fraction of sp³-hybridized carbons (Fsp3) is 0.400. The zero-order chi connectivity index (χ0) is 45.8. The first-order chi connectivity index (χ1) is 32.1. The highest BCUT2D eigenvalue weighted by molar-refractivity contribution is 6.07. The number of likely N-dealkylation sites (tertiary alicyclic amines) is 2. The standard InChI is InChI=1S/C50H53N7O9/c1-26(63-3)44(54-49(60)64-4)48(59)57-40-18-31(40)19-42(57)46-51-22-39(53-46)30-11-13-33-32(16-30)25-66-43-21-34-29(17-36(33)43)12-14-37-35(34)20-38(52-37)41-15-27(24-62-2)23-56(41)47(58)45(55-50(61)65-5)28-9-7-6-8-10-28/h6-14,16-17,21-22,26-27,31,40-42,44-45H,15,18-20,23-25H2,1-5H3,(H,51,53)(H,54,60)(H,55,61)/t26-,27+,31?,40-,41+,42+,44+,45-/m1/s1. The third kappa shape index (κ3) is 7.81. The Morgan fingerprint density at radius 2 is 1.68 bits per heavy atom. The van der Waals surface area contributed by atoms with E-state index in [1.54, 1.807) is 14.0 Å². The molecule has 5 aliphatic rings. The van der Waals surface area contributed by atoms with Gasteiger partial charge in [0.15, 0.2) is 0 Å². The van der Waals surface area contributed by atoms with Crippen molar-refractivity contribution < 1.29 is 42.9 Å². The number of ether oxygens (including phenoxy) is 5. The van der Waals surface area contributed by atoms with Gasteiger partial charge in [0.1, 0.15) is 30.3 Å². The lowest BCUT2D eigenvalue weighted by Crippen LogP contribution is -2.54. The summed E-state index contributed by atoms with van der Waals surface area (Å²) in [4.78, 5) is 70.3. The van der Waals surface area contributed by atoms with Gasteiger partial charge < -0.3 is 49.1 Å². The Kier molecular flexibility index (Phi) is 11.5. The van der Waals surface area contributed by atoms with Gasteiger partial charge in [-0.2, -0.15) is 0 Å². The van der Waals surface area contributed by atoms with E-state index in [2.05, 4.69) is 58.1 Å². The Balaban J connectivity index is 0.883. The zero-order valence-electron chi connectivity index (χ0n) is 37.5. The SMILES string of the molecule is COC[C@H]1C[C@@H](C2=Nc3ccc4cc5c(cc4c3C2)OCc2cc(-c3cnc([C@@H]4CC6C[C@H]6N4C(=O)[C@@H](NC(=O)OC)[C@@H](C)OC)[nH]3)ccc2-5)N(C(=O)[C@H](NC(=O)OC)c2ccccc2)C1. The maximum absolute atomic E-state index is 14.5. The Bertz CT molecular complexity index is 2760. The van der Waals surface area contributed by atoms with E-state index in [1.807, 2.05) is 46.3 Å². The maximum Gasteiger partial charge on any atom is 0.407 e. The van der Waals surface area contributed by atoms with Gasteiger partial charge in [-0.15, -0.1) is 0 Å². The molecule has 16 heteroatoms. The summed E-state index contributed by atoms with van der Waals surface area (Å²) in [7, 11) is 5.74. The summed E-state index contributed by atoms with van der Waals surface area (Å²) in [5, 5.41) is 7.55. The van der Waals surface area contributed by atoms with E-state index in [0.717, 1.165) is 74.3 Å². The van der Waals surface area contributed by atoms with Crippen LogP contribution in [-0.4, -0.2) is 115 Å². The van der Waals surface area contributed by atoms with Crippen molar-refractivity contribution in [3.05, 3.63) is 102 Å². The number of nitrogens with zero attached hydrogens (tertiary/aromatic N) is 4. The molecule has 1 saturated carbocycles. The molecule has 3 N–H and O–H groups in total. The van der Waals surface area contributed by atoms with Gasteiger partial charge in [-0.3, -0.25) is 14.6 Å². The van der Waals surface area contributed by atoms with Crippen LogP contribution in [0.25, 0.3) is 33.2 Å². The molecule has 66 heavy (non-hydrogen) atoms. The van der Waals surface area contributed by atoms with Crippen LogP contribution in [0.5, 0.6) is 5.75 Å². The number of amides is 4. The summed E-state index contributed by atoms with van der Waals surface area (Å²) < 4.78 is 27.3. The van der Waals surface area contributed by atoms with Crippen LogP contribution in [0.15, 0.2) is 84.0 Å². The minimum absolute atomic E-state index is 0.0911. The second kappa shape index (κ2) is 17.5. The lowest BCUT2D eigenvalue weighted by molar-refractivity contribution is -0.139. The van der Waals surface area contributed by atoms with Crippen molar-refractivity contribution >= 4 is 46.2 Å². The number of alkyl carbamates (subject to hydrolysis) is 2. The molecule has 3 fully saturated rings. The number of aromatic amines is 1. The number of fused-ring (bicyclic) bond motifs is 7. The predicted molar refractivity (Wildman–Crippen MR) is 244 cm³/mol. The molecule has 1 aromatic heterocycles. The third-order valence-corrected chi connectivity index (χ3v) is 14.0. The number of hydrogen-bond acceptors (Lipinski definition) is 11. The molecule has 5 heterocycles. The van der Waals surface area contributed by atoms with Gasteiger partial charge in [0.25, 0.3) is 0 Å². The van der Waals surface area contributed by atoms with Crippen molar-refractivity contribution in [2.24, 2.45) is 16.8 Å². The first-order valence-corrected chi connectivity index (χ1v) is 22.4. The molecule has 4 aromatic carbocycles. The van der Waals surface area contributed by atoms with Crippen LogP contribution in [0.1, 0.15) is 60.8 Å². The van der Waals surface area contributed by atoms with Crippen LogP contribution in [0.4, 0.5) is 15.3 Å². The van der Waals surface area contributed by atoms with E-state index in [0.29, 0.717) is 49.9 Å². The molecule has 342 valence electrons. The number of methoxy groups -OCH3 is 4. The number of piperidine rings is 1. The number of hydrogen-bond donors (Lipinski definition) is 3. The summed E-state index contributed by atoms with van der Waals surface area (Å²) in [6.45, 7) is 3.10. The largest absolute Gasteiger partial charge is 0.488 e. The van der Waals surface area contributed by atoms with Gasteiger partial charge in [0.05, 0.1) is 56.6 Å². The van der Waals surface area contributed by atoms with Crippen molar-refractivity contribution in [1.29, 1.82) is 0 Å². The van der Waals surface area contributed by atoms with Crippen molar-refractivity contribution in [3.8, 4) is 28.1 Å². The first kappa shape index (κ1) is 43.1. The highest BCUT2D eigenvalue weighted by Crippen LogP contribution is 2.53. The fourth-order valence-electron chi connectivity index (χ4n) is 10.5. The monoisotopic (exact) mass is 895 g/mol. The van der Waals surface area contributed by atoms with Crippen LogP contribution < -0.4 is 15.4 Å². The number of H-pyrrole nitrogens is 1. The van der Waals surface area contributed by atoms with E-state index in [1.165, 1.54) is 21.3 Å². The number of benzene rings is 4. The second-order valence-corrected chi connectivity index (χ2v) is 17.9. The van der Waals surface area contributed by atoms with Crippen LogP contribution >= 0.6 is 0 Å². The van der Waals surface area contributed by atoms with Crippen LogP contribution in [0, 0.1) is 11.8 Å². The topological polar surface area (TPSA) is 186 Å². The predicted octanol–water partition coefficient (Wildman–Crippen LogP) is 6.80.